The van der Waals surface area contributed by atoms with Gasteiger partial charge in [0.05, 0.1) is 12.8 Å². The Labute approximate surface area is 160 Å². The molecule has 1 saturated heterocycles. The third kappa shape index (κ3) is 5.33. The molecule has 1 aliphatic heterocycles. The summed E-state index contributed by atoms with van der Waals surface area (Å²) in [4.78, 5) is 12.3. The van der Waals surface area contributed by atoms with E-state index in [1.54, 1.807) is 18.2 Å². The Morgan fingerprint density at radius 1 is 1.42 bits per heavy atom. The van der Waals surface area contributed by atoms with Crippen LogP contribution in [0.5, 0.6) is 5.75 Å². The van der Waals surface area contributed by atoms with Crippen LogP contribution in [0.2, 0.25) is 5.02 Å². The Bertz CT molecular complexity index is 740. The van der Waals surface area contributed by atoms with Crippen molar-refractivity contribution in [2.45, 2.75) is 25.7 Å². The monoisotopic (exact) mass is 403 g/mol. The van der Waals surface area contributed by atoms with Gasteiger partial charge < -0.3 is 10.1 Å². The van der Waals surface area contributed by atoms with Crippen LogP contribution in [-0.2, 0) is 15.0 Å². The van der Waals surface area contributed by atoms with Gasteiger partial charge in [0.1, 0.15) is 5.75 Å². The van der Waals surface area contributed by atoms with E-state index in [0.29, 0.717) is 42.4 Å². The molecule has 1 heterocycles. The minimum absolute atomic E-state index is 0.141. The zero-order valence-corrected chi connectivity index (χ0v) is 16.9. The van der Waals surface area contributed by atoms with Gasteiger partial charge in [-0.05, 0) is 43.4 Å². The number of nitrogens with zero attached hydrogens (tertiary/aromatic N) is 2. The Morgan fingerprint density at radius 3 is 2.81 bits per heavy atom. The fourth-order valence-corrected chi connectivity index (χ4v) is 4.42. The van der Waals surface area contributed by atoms with Crippen molar-refractivity contribution >= 4 is 33.4 Å². The van der Waals surface area contributed by atoms with E-state index in [1.165, 1.54) is 29.8 Å². The van der Waals surface area contributed by atoms with E-state index < -0.39 is 10.2 Å². The topological polar surface area (TPSA) is 79.0 Å². The van der Waals surface area contributed by atoms with Gasteiger partial charge in [0.25, 0.3) is 10.2 Å². The molecular weight excluding hydrogens is 378 g/mol. The molecule has 1 aromatic rings. The van der Waals surface area contributed by atoms with Crippen molar-refractivity contribution in [3.8, 4) is 5.75 Å². The third-order valence-electron chi connectivity index (χ3n) is 4.48. The third-order valence-corrected chi connectivity index (χ3v) is 6.63. The van der Waals surface area contributed by atoms with Crippen LogP contribution in [0.4, 0.5) is 5.69 Å². The van der Waals surface area contributed by atoms with Crippen molar-refractivity contribution in [2.75, 3.05) is 39.6 Å². The molecule has 2 rings (SSSR count). The molecule has 1 unspecified atom stereocenters. The number of halogens is 1. The lowest BCUT2D eigenvalue weighted by Crippen LogP contribution is -2.45. The Hall–Kier alpha value is -1.35. The number of methoxy groups -OCH3 is 1. The molecular formula is C17H26ClN3O4S. The summed E-state index contributed by atoms with van der Waals surface area (Å²) in [6, 6.07) is 5.03. The average molecular weight is 404 g/mol. The molecule has 1 fully saturated rings. The fraction of sp³-hybridized carbons (Fsp3) is 0.588. The van der Waals surface area contributed by atoms with Crippen LogP contribution in [0.3, 0.4) is 0 Å². The number of carbonyl (C=O) groups excluding carboxylic acids is 1. The highest BCUT2D eigenvalue weighted by Gasteiger charge is 2.30. The molecule has 9 heteroatoms. The summed E-state index contributed by atoms with van der Waals surface area (Å²) < 4.78 is 32.5. The molecule has 146 valence electrons. The molecule has 0 saturated carbocycles. The van der Waals surface area contributed by atoms with E-state index in [4.69, 9.17) is 16.3 Å². The second-order valence-corrected chi connectivity index (χ2v) is 9.17. The zero-order chi connectivity index (χ0) is 19.3. The van der Waals surface area contributed by atoms with Crippen LogP contribution in [0, 0.1) is 5.92 Å². The van der Waals surface area contributed by atoms with Crippen molar-refractivity contribution in [1.29, 1.82) is 0 Å². The molecule has 1 aromatic carbocycles. The Balaban J connectivity index is 1.90. The van der Waals surface area contributed by atoms with Crippen molar-refractivity contribution in [1.82, 2.24) is 8.61 Å². The molecule has 0 spiro atoms. The second kappa shape index (κ2) is 9.03. The number of benzene rings is 1. The van der Waals surface area contributed by atoms with Crippen LogP contribution < -0.4 is 10.1 Å². The maximum Gasteiger partial charge on any atom is 0.281 e. The fourth-order valence-electron chi connectivity index (χ4n) is 3.03. The molecule has 1 amide bonds. The summed E-state index contributed by atoms with van der Waals surface area (Å²) >= 11 is 5.97. The van der Waals surface area contributed by atoms with Gasteiger partial charge >= 0.3 is 0 Å². The highest BCUT2D eigenvalue weighted by Crippen LogP contribution is 2.28. The Morgan fingerprint density at radius 2 is 2.15 bits per heavy atom. The molecule has 0 bridgehead atoms. The van der Waals surface area contributed by atoms with Gasteiger partial charge in [-0.2, -0.15) is 17.0 Å². The van der Waals surface area contributed by atoms with E-state index in [0.717, 1.165) is 12.8 Å². The summed E-state index contributed by atoms with van der Waals surface area (Å²) in [5.41, 5.74) is 0.533. The van der Waals surface area contributed by atoms with E-state index in [9.17, 15) is 13.2 Å². The quantitative estimate of drug-likeness (QED) is 0.758. The lowest BCUT2D eigenvalue weighted by molar-refractivity contribution is -0.116. The smallest absolute Gasteiger partial charge is 0.281 e. The van der Waals surface area contributed by atoms with Crippen molar-refractivity contribution in [2.24, 2.45) is 5.92 Å². The van der Waals surface area contributed by atoms with Gasteiger partial charge in [-0.15, -0.1) is 0 Å². The molecule has 0 aliphatic carbocycles. The SMILES string of the molecule is COc1ccc(Cl)cc1NC(=O)CCC1CCCN(S(=O)(=O)N(C)C)C1. The summed E-state index contributed by atoms with van der Waals surface area (Å²) in [7, 11) is 1.19. The molecule has 1 atom stereocenters. The summed E-state index contributed by atoms with van der Waals surface area (Å²) in [5, 5.41) is 3.33. The van der Waals surface area contributed by atoms with Crippen LogP contribution in [0.15, 0.2) is 18.2 Å². The highest BCUT2D eigenvalue weighted by molar-refractivity contribution is 7.86. The predicted octanol–water partition coefficient (Wildman–Crippen LogP) is 2.59. The molecule has 7 nitrogen and oxygen atoms in total. The molecule has 26 heavy (non-hydrogen) atoms. The number of hydrogen-bond acceptors (Lipinski definition) is 4. The largest absolute Gasteiger partial charge is 0.495 e. The second-order valence-electron chi connectivity index (χ2n) is 6.59. The number of rotatable bonds is 7. The van der Waals surface area contributed by atoms with E-state index >= 15 is 0 Å². The van der Waals surface area contributed by atoms with Gasteiger partial charge in [-0.3, -0.25) is 4.79 Å². The first kappa shape index (κ1) is 21.0. The number of amides is 1. The van der Waals surface area contributed by atoms with Crippen molar-refractivity contribution < 1.29 is 17.9 Å². The zero-order valence-electron chi connectivity index (χ0n) is 15.4. The first-order valence-corrected chi connectivity index (χ1v) is 10.3. The molecule has 1 N–H and O–H groups in total. The van der Waals surface area contributed by atoms with Crippen LogP contribution in [0.1, 0.15) is 25.7 Å². The molecule has 0 aromatic heterocycles. The Kier molecular flexibility index (Phi) is 7.28. The minimum atomic E-state index is -3.40. The van der Waals surface area contributed by atoms with Crippen LogP contribution in [0.25, 0.3) is 0 Å². The van der Waals surface area contributed by atoms with Crippen LogP contribution in [-0.4, -0.2) is 57.2 Å². The van der Waals surface area contributed by atoms with Gasteiger partial charge in [0.2, 0.25) is 5.91 Å². The maximum absolute atomic E-state index is 12.3. The van der Waals surface area contributed by atoms with Gasteiger partial charge in [0, 0.05) is 38.6 Å². The van der Waals surface area contributed by atoms with Crippen molar-refractivity contribution in [3.63, 3.8) is 0 Å². The lowest BCUT2D eigenvalue weighted by Gasteiger charge is -2.33. The van der Waals surface area contributed by atoms with Gasteiger partial charge in [-0.25, -0.2) is 0 Å². The maximum atomic E-state index is 12.3. The van der Waals surface area contributed by atoms with E-state index in [-0.39, 0.29) is 11.8 Å². The number of nitrogens with one attached hydrogen (secondary N) is 1. The van der Waals surface area contributed by atoms with E-state index in [1.807, 2.05) is 0 Å². The summed E-state index contributed by atoms with van der Waals surface area (Å²) in [6.45, 7) is 0.983. The first-order valence-electron chi connectivity index (χ1n) is 8.55. The predicted molar refractivity (Wildman–Crippen MR) is 103 cm³/mol. The summed E-state index contributed by atoms with van der Waals surface area (Å²) in [5.74, 6) is 0.576. The minimum Gasteiger partial charge on any atom is -0.495 e. The standard InChI is InChI=1S/C17H26ClN3O4S/c1-20(2)26(23,24)21-10-4-5-13(12-21)6-9-17(22)19-15-11-14(18)7-8-16(15)25-3/h7-8,11,13H,4-6,9-10,12H2,1-3H3,(H,19,22). The van der Waals surface area contributed by atoms with E-state index in [2.05, 4.69) is 5.32 Å². The number of hydrogen-bond donors (Lipinski definition) is 1. The number of ether oxygens (including phenoxy) is 1. The lowest BCUT2D eigenvalue weighted by atomic mass is 9.94. The van der Waals surface area contributed by atoms with Crippen LogP contribution >= 0.6 is 11.6 Å². The van der Waals surface area contributed by atoms with Crippen molar-refractivity contribution in [3.05, 3.63) is 23.2 Å². The normalized spacial score (nSPS) is 18.7. The molecule has 1 aliphatic rings. The number of anilines is 1. The highest BCUT2D eigenvalue weighted by atomic mass is 35.5. The first-order chi connectivity index (χ1) is 12.2. The average Bonchev–Trinajstić information content (AvgIpc) is 2.60. The molecule has 0 radical (unpaired) electrons. The number of piperidine rings is 1. The summed E-state index contributed by atoms with van der Waals surface area (Å²) in [6.07, 6.45) is 2.68. The number of carbonyl (C=O) groups is 1. The van der Waals surface area contributed by atoms with Gasteiger partial charge in [-0.1, -0.05) is 11.6 Å². The van der Waals surface area contributed by atoms with Gasteiger partial charge in [0.15, 0.2) is 0 Å².